The molecular formula is C11H13ClN4OS. The van der Waals surface area contributed by atoms with Crippen LogP contribution in [0.3, 0.4) is 0 Å². The van der Waals surface area contributed by atoms with E-state index in [4.69, 9.17) is 16.3 Å². The maximum atomic E-state index is 6.06. The van der Waals surface area contributed by atoms with Crippen LogP contribution < -0.4 is 10.1 Å². The van der Waals surface area contributed by atoms with E-state index in [-0.39, 0.29) is 12.1 Å². The van der Waals surface area contributed by atoms with Gasteiger partial charge < -0.3 is 10.1 Å². The summed E-state index contributed by atoms with van der Waals surface area (Å²) in [6, 6.07) is 0.373. The molecule has 0 saturated carbocycles. The van der Waals surface area contributed by atoms with E-state index in [1.165, 1.54) is 13.3 Å². The van der Waals surface area contributed by atoms with E-state index >= 15 is 0 Å². The molecule has 0 aromatic carbocycles. The summed E-state index contributed by atoms with van der Waals surface area (Å²) in [5.74, 6) is 0.561. The minimum atomic E-state index is 0.0853. The summed E-state index contributed by atoms with van der Waals surface area (Å²) < 4.78 is 4.98. The monoisotopic (exact) mass is 284 g/mol. The quantitative estimate of drug-likeness (QED) is 0.914. The molecule has 1 unspecified atom stereocenters. The average molecular weight is 285 g/mol. The van der Waals surface area contributed by atoms with Gasteiger partial charge in [0.05, 0.1) is 19.3 Å². The van der Waals surface area contributed by atoms with Gasteiger partial charge in [-0.2, -0.15) is 4.98 Å². The molecule has 0 aliphatic carbocycles. The van der Waals surface area contributed by atoms with Crippen molar-refractivity contribution in [3.8, 4) is 6.01 Å². The zero-order valence-corrected chi connectivity index (χ0v) is 11.6. The topological polar surface area (TPSA) is 59.9 Å². The van der Waals surface area contributed by atoms with Gasteiger partial charge in [-0.15, -0.1) is 11.3 Å². The highest BCUT2D eigenvalue weighted by Gasteiger charge is 2.15. The Balaban J connectivity index is 2.21. The summed E-state index contributed by atoms with van der Waals surface area (Å²) in [4.78, 5) is 12.4. The molecule has 0 bridgehead atoms. The molecule has 2 rings (SSSR count). The number of nitrogens with one attached hydrogen (secondary N) is 1. The molecule has 2 heterocycles. The van der Waals surface area contributed by atoms with Gasteiger partial charge >= 0.3 is 6.01 Å². The van der Waals surface area contributed by atoms with Crippen molar-refractivity contribution in [1.29, 1.82) is 0 Å². The van der Waals surface area contributed by atoms with Gasteiger partial charge in [0.15, 0.2) is 5.82 Å². The predicted octanol–water partition coefficient (Wildman–Crippen LogP) is 3.16. The summed E-state index contributed by atoms with van der Waals surface area (Å²) in [6.07, 6.45) is 4.19. The normalized spacial score (nSPS) is 12.2. The first kappa shape index (κ1) is 13.0. The van der Waals surface area contributed by atoms with Crippen molar-refractivity contribution in [1.82, 2.24) is 15.0 Å². The Morgan fingerprint density at radius 1 is 1.50 bits per heavy atom. The van der Waals surface area contributed by atoms with Crippen molar-refractivity contribution in [3.63, 3.8) is 0 Å². The fourth-order valence-corrected chi connectivity index (χ4v) is 2.38. The number of ether oxygens (including phenoxy) is 1. The summed E-state index contributed by atoms with van der Waals surface area (Å²) in [5, 5.41) is 6.67. The first-order chi connectivity index (χ1) is 8.74. The Labute approximate surface area is 114 Å². The van der Waals surface area contributed by atoms with Gasteiger partial charge in [-0.3, -0.25) is 0 Å². The van der Waals surface area contributed by atoms with Crippen molar-refractivity contribution >= 4 is 28.8 Å². The zero-order valence-electron chi connectivity index (χ0n) is 10.1. The number of aromatic nitrogens is 3. The molecule has 0 spiro atoms. The van der Waals surface area contributed by atoms with Crippen molar-refractivity contribution in [2.75, 3.05) is 12.4 Å². The first-order valence-corrected chi connectivity index (χ1v) is 6.72. The van der Waals surface area contributed by atoms with E-state index in [0.717, 1.165) is 11.4 Å². The molecule has 18 heavy (non-hydrogen) atoms. The van der Waals surface area contributed by atoms with Crippen LogP contribution in [0, 0.1) is 0 Å². The van der Waals surface area contributed by atoms with Crippen LogP contribution in [0.1, 0.15) is 24.4 Å². The van der Waals surface area contributed by atoms with E-state index in [1.807, 2.05) is 5.38 Å². The van der Waals surface area contributed by atoms with Crippen LogP contribution in [-0.4, -0.2) is 22.1 Å². The third-order valence-electron chi connectivity index (χ3n) is 2.37. The van der Waals surface area contributed by atoms with Crippen LogP contribution in [0.5, 0.6) is 6.01 Å². The molecule has 0 aliphatic heterocycles. The van der Waals surface area contributed by atoms with Crippen LogP contribution in [-0.2, 0) is 0 Å². The third kappa shape index (κ3) is 2.88. The van der Waals surface area contributed by atoms with Crippen molar-refractivity contribution in [2.45, 2.75) is 19.4 Å². The summed E-state index contributed by atoms with van der Waals surface area (Å²) in [6.45, 7) is 2.07. The lowest BCUT2D eigenvalue weighted by Gasteiger charge is -2.16. The van der Waals surface area contributed by atoms with E-state index in [0.29, 0.717) is 10.8 Å². The van der Waals surface area contributed by atoms with Gasteiger partial charge in [-0.05, 0) is 6.42 Å². The molecule has 1 atom stereocenters. The average Bonchev–Trinajstić information content (AvgIpc) is 2.91. The van der Waals surface area contributed by atoms with Crippen LogP contribution in [0.25, 0.3) is 0 Å². The lowest BCUT2D eigenvalue weighted by atomic mass is 10.2. The molecular weight excluding hydrogens is 272 g/mol. The molecule has 0 amide bonds. The Kier molecular flexibility index (Phi) is 4.33. The number of halogens is 1. The Hall–Kier alpha value is -1.40. The highest BCUT2D eigenvalue weighted by Crippen LogP contribution is 2.27. The standard InChI is InChI=1S/C11H13ClN4OS/c1-3-8(10-13-4-5-18-10)15-9-7(12)6-14-11(16-9)17-2/h4-6,8H,3H2,1-2H3,(H,14,15,16). The molecule has 2 aromatic heterocycles. The van der Waals surface area contributed by atoms with Gasteiger partial charge in [-0.25, -0.2) is 9.97 Å². The molecule has 2 aromatic rings. The Bertz CT molecular complexity index is 506. The largest absolute Gasteiger partial charge is 0.467 e. The van der Waals surface area contributed by atoms with Crippen molar-refractivity contribution in [2.24, 2.45) is 0 Å². The SMILES string of the molecule is CCC(Nc1nc(OC)ncc1Cl)c1nccs1. The summed E-state index contributed by atoms with van der Waals surface area (Å²) in [7, 11) is 1.52. The van der Waals surface area contributed by atoms with E-state index in [9.17, 15) is 0 Å². The van der Waals surface area contributed by atoms with Gasteiger partial charge in [-0.1, -0.05) is 18.5 Å². The number of nitrogens with zero attached hydrogens (tertiary/aromatic N) is 3. The predicted molar refractivity (Wildman–Crippen MR) is 72.4 cm³/mol. The second-order valence-electron chi connectivity index (χ2n) is 3.53. The molecule has 1 N–H and O–H groups in total. The van der Waals surface area contributed by atoms with Crippen LogP contribution in [0.2, 0.25) is 5.02 Å². The minimum absolute atomic E-state index is 0.0853. The molecule has 0 radical (unpaired) electrons. The lowest BCUT2D eigenvalue weighted by Crippen LogP contribution is -2.11. The van der Waals surface area contributed by atoms with E-state index in [2.05, 4.69) is 27.2 Å². The van der Waals surface area contributed by atoms with E-state index < -0.39 is 0 Å². The third-order valence-corrected chi connectivity index (χ3v) is 3.54. The van der Waals surface area contributed by atoms with Crippen LogP contribution in [0.4, 0.5) is 5.82 Å². The maximum Gasteiger partial charge on any atom is 0.318 e. The molecule has 0 aliphatic rings. The molecule has 7 heteroatoms. The van der Waals surface area contributed by atoms with Crippen molar-refractivity contribution in [3.05, 3.63) is 27.8 Å². The number of anilines is 1. The van der Waals surface area contributed by atoms with E-state index in [1.54, 1.807) is 17.5 Å². The number of rotatable bonds is 5. The maximum absolute atomic E-state index is 6.06. The second-order valence-corrected chi connectivity index (χ2v) is 4.86. The molecule has 5 nitrogen and oxygen atoms in total. The number of hydrogen-bond acceptors (Lipinski definition) is 6. The van der Waals surface area contributed by atoms with Gasteiger partial charge in [0.25, 0.3) is 0 Å². The fourth-order valence-electron chi connectivity index (χ4n) is 1.46. The second kappa shape index (κ2) is 5.97. The number of hydrogen-bond donors (Lipinski definition) is 1. The van der Waals surface area contributed by atoms with Crippen LogP contribution >= 0.6 is 22.9 Å². The zero-order chi connectivity index (χ0) is 13.0. The highest BCUT2D eigenvalue weighted by atomic mass is 35.5. The number of thiazole rings is 1. The number of methoxy groups -OCH3 is 1. The molecule has 96 valence electrons. The Morgan fingerprint density at radius 3 is 2.94 bits per heavy atom. The summed E-state index contributed by atoms with van der Waals surface area (Å²) in [5.41, 5.74) is 0. The lowest BCUT2D eigenvalue weighted by molar-refractivity contribution is 0.380. The summed E-state index contributed by atoms with van der Waals surface area (Å²) >= 11 is 7.65. The van der Waals surface area contributed by atoms with Crippen molar-refractivity contribution < 1.29 is 4.74 Å². The molecule has 0 saturated heterocycles. The van der Waals surface area contributed by atoms with Gasteiger partial charge in [0.2, 0.25) is 0 Å². The van der Waals surface area contributed by atoms with Gasteiger partial charge in [0, 0.05) is 11.6 Å². The minimum Gasteiger partial charge on any atom is -0.467 e. The molecule has 0 fully saturated rings. The van der Waals surface area contributed by atoms with Crippen LogP contribution in [0.15, 0.2) is 17.8 Å². The van der Waals surface area contributed by atoms with Gasteiger partial charge in [0.1, 0.15) is 10.0 Å². The first-order valence-electron chi connectivity index (χ1n) is 5.47. The smallest absolute Gasteiger partial charge is 0.318 e. The Morgan fingerprint density at radius 2 is 2.33 bits per heavy atom. The highest BCUT2D eigenvalue weighted by molar-refractivity contribution is 7.09. The fraction of sp³-hybridized carbons (Fsp3) is 0.364.